The molecule has 1 aromatic rings. The minimum atomic E-state index is -0.542. The summed E-state index contributed by atoms with van der Waals surface area (Å²) in [6, 6.07) is 1.35. The summed E-state index contributed by atoms with van der Waals surface area (Å²) in [4.78, 5) is 22.4. The van der Waals surface area contributed by atoms with Crippen molar-refractivity contribution in [2.75, 3.05) is 19.8 Å². The van der Waals surface area contributed by atoms with Crippen molar-refractivity contribution in [1.82, 2.24) is 14.9 Å². The zero-order valence-electron chi connectivity index (χ0n) is 12.7. The standard InChI is InChI=1S/C14H20ClN3O3/c1-9-16-10(7-12(15)17-9)11-8-20-6-5-18(11)13(19)21-14(2,3)4/h7,11H,5-6,8H2,1-4H3/t11-/m1/s1. The van der Waals surface area contributed by atoms with Gasteiger partial charge in [-0.2, -0.15) is 0 Å². The molecule has 116 valence electrons. The zero-order chi connectivity index (χ0) is 15.6. The van der Waals surface area contributed by atoms with Crippen molar-refractivity contribution in [3.8, 4) is 0 Å². The van der Waals surface area contributed by atoms with E-state index in [1.54, 1.807) is 17.9 Å². The number of carbonyl (C=O) groups is 1. The van der Waals surface area contributed by atoms with E-state index in [2.05, 4.69) is 9.97 Å². The average Bonchev–Trinajstić information content (AvgIpc) is 2.35. The quantitative estimate of drug-likeness (QED) is 0.746. The molecule has 1 aliphatic heterocycles. The lowest BCUT2D eigenvalue weighted by Gasteiger charge is -2.36. The first-order valence-corrected chi connectivity index (χ1v) is 7.22. The molecular weight excluding hydrogens is 294 g/mol. The third kappa shape index (κ3) is 4.28. The Bertz CT molecular complexity index is 510. The average molecular weight is 314 g/mol. The topological polar surface area (TPSA) is 64.5 Å². The van der Waals surface area contributed by atoms with Crippen molar-refractivity contribution in [2.24, 2.45) is 0 Å². The molecule has 6 nitrogen and oxygen atoms in total. The molecule has 0 aliphatic carbocycles. The van der Waals surface area contributed by atoms with Crippen LogP contribution in [0.4, 0.5) is 4.79 Å². The molecule has 21 heavy (non-hydrogen) atoms. The number of amides is 1. The molecule has 1 amide bonds. The maximum absolute atomic E-state index is 12.3. The molecule has 1 fully saturated rings. The van der Waals surface area contributed by atoms with Gasteiger partial charge in [-0.05, 0) is 33.8 Å². The third-order valence-corrected chi connectivity index (χ3v) is 3.12. The molecule has 0 aromatic carbocycles. The molecule has 1 atom stereocenters. The molecule has 2 rings (SSSR count). The van der Waals surface area contributed by atoms with Crippen LogP contribution in [0.3, 0.4) is 0 Å². The second-order valence-electron chi connectivity index (χ2n) is 5.93. The lowest BCUT2D eigenvalue weighted by atomic mass is 10.1. The molecule has 0 radical (unpaired) electrons. The van der Waals surface area contributed by atoms with Crippen LogP contribution in [0.25, 0.3) is 0 Å². The first-order chi connectivity index (χ1) is 9.76. The van der Waals surface area contributed by atoms with Crippen LogP contribution < -0.4 is 0 Å². The first-order valence-electron chi connectivity index (χ1n) is 6.85. The van der Waals surface area contributed by atoms with E-state index in [4.69, 9.17) is 21.1 Å². The van der Waals surface area contributed by atoms with Gasteiger partial charge in [-0.1, -0.05) is 11.6 Å². The zero-order valence-corrected chi connectivity index (χ0v) is 13.5. The second kappa shape index (κ2) is 6.15. The van der Waals surface area contributed by atoms with Crippen molar-refractivity contribution < 1.29 is 14.3 Å². The number of ether oxygens (including phenoxy) is 2. The van der Waals surface area contributed by atoms with Crippen molar-refractivity contribution >= 4 is 17.7 Å². The molecule has 0 saturated carbocycles. The molecule has 0 unspecified atom stereocenters. The fraction of sp³-hybridized carbons (Fsp3) is 0.643. The fourth-order valence-electron chi connectivity index (χ4n) is 2.11. The Morgan fingerprint density at radius 1 is 1.48 bits per heavy atom. The summed E-state index contributed by atoms with van der Waals surface area (Å²) in [5.74, 6) is 0.562. The number of hydrogen-bond acceptors (Lipinski definition) is 5. The largest absolute Gasteiger partial charge is 0.444 e. The molecule has 1 aliphatic rings. The van der Waals surface area contributed by atoms with Crippen molar-refractivity contribution in [2.45, 2.75) is 39.3 Å². The van der Waals surface area contributed by atoms with Gasteiger partial charge in [0.15, 0.2) is 0 Å². The Morgan fingerprint density at radius 2 is 2.19 bits per heavy atom. The van der Waals surface area contributed by atoms with Gasteiger partial charge in [0.2, 0.25) is 0 Å². The van der Waals surface area contributed by atoms with E-state index in [9.17, 15) is 4.79 Å². The lowest BCUT2D eigenvalue weighted by molar-refractivity contribution is -0.0341. The van der Waals surface area contributed by atoms with E-state index >= 15 is 0 Å². The third-order valence-electron chi connectivity index (χ3n) is 2.92. The van der Waals surface area contributed by atoms with E-state index in [1.807, 2.05) is 20.8 Å². The summed E-state index contributed by atoms with van der Waals surface area (Å²) in [6.07, 6.45) is -0.372. The summed E-state index contributed by atoms with van der Waals surface area (Å²) in [5.41, 5.74) is 0.122. The molecule has 2 heterocycles. The molecule has 7 heteroatoms. The maximum atomic E-state index is 12.3. The lowest BCUT2D eigenvalue weighted by Crippen LogP contribution is -2.46. The highest BCUT2D eigenvalue weighted by atomic mass is 35.5. The number of rotatable bonds is 1. The van der Waals surface area contributed by atoms with Gasteiger partial charge in [-0.3, -0.25) is 4.90 Å². The van der Waals surface area contributed by atoms with Crippen LogP contribution >= 0.6 is 11.6 Å². The number of halogens is 1. The van der Waals surface area contributed by atoms with Gasteiger partial charge < -0.3 is 9.47 Å². The Kier molecular flexibility index (Phi) is 4.68. The molecule has 0 spiro atoms. The molecule has 1 aromatic heterocycles. The summed E-state index contributed by atoms with van der Waals surface area (Å²) in [7, 11) is 0. The Morgan fingerprint density at radius 3 is 2.81 bits per heavy atom. The van der Waals surface area contributed by atoms with Gasteiger partial charge >= 0.3 is 6.09 Å². The SMILES string of the molecule is Cc1nc(Cl)cc([C@H]2COCCN2C(=O)OC(C)(C)C)n1. The highest BCUT2D eigenvalue weighted by molar-refractivity contribution is 6.29. The summed E-state index contributed by atoms with van der Waals surface area (Å²) >= 11 is 5.98. The fourth-order valence-corrected chi connectivity index (χ4v) is 2.35. The van der Waals surface area contributed by atoms with E-state index in [0.717, 1.165) is 0 Å². The van der Waals surface area contributed by atoms with E-state index in [1.165, 1.54) is 0 Å². The Balaban J connectivity index is 2.24. The smallest absolute Gasteiger partial charge is 0.411 e. The minimum Gasteiger partial charge on any atom is -0.444 e. The Labute approximate surface area is 129 Å². The number of nitrogens with zero attached hydrogens (tertiary/aromatic N) is 3. The number of carbonyl (C=O) groups excluding carboxylic acids is 1. The van der Waals surface area contributed by atoms with Crippen molar-refractivity contribution in [3.05, 3.63) is 22.7 Å². The number of morpholine rings is 1. The van der Waals surface area contributed by atoms with Crippen LogP contribution in [0.5, 0.6) is 0 Å². The predicted octanol–water partition coefficient (Wildman–Crippen LogP) is 2.75. The molecular formula is C14H20ClN3O3. The molecule has 0 bridgehead atoms. The van der Waals surface area contributed by atoms with Gasteiger partial charge in [0.05, 0.1) is 18.9 Å². The van der Waals surface area contributed by atoms with Gasteiger partial charge in [0, 0.05) is 6.54 Å². The molecule has 0 N–H and O–H groups in total. The Hall–Kier alpha value is -1.40. The van der Waals surface area contributed by atoms with E-state index in [-0.39, 0.29) is 12.1 Å². The van der Waals surface area contributed by atoms with Gasteiger partial charge in [-0.15, -0.1) is 0 Å². The van der Waals surface area contributed by atoms with Crippen LogP contribution in [0.2, 0.25) is 5.15 Å². The van der Waals surface area contributed by atoms with Crippen molar-refractivity contribution in [3.63, 3.8) is 0 Å². The van der Waals surface area contributed by atoms with Crippen LogP contribution in [0.15, 0.2) is 6.07 Å². The highest BCUT2D eigenvalue weighted by Gasteiger charge is 2.33. The maximum Gasteiger partial charge on any atom is 0.411 e. The van der Waals surface area contributed by atoms with E-state index < -0.39 is 5.60 Å². The van der Waals surface area contributed by atoms with Crippen LogP contribution in [0.1, 0.15) is 38.3 Å². The van der Waals surface area contributed by atoms with Crippen molar-refractivity contribution in [1.29, 1.82) is 0 Å². The summed E-state index contributed by atoms with van der Waals surface area (Å²) in [6.45, 7) is 8.58. The minimum absolute atomic E-state index is 0.312. The van der Waals surface area contributed by atoms with Crippen LogP contribution in [-0.4, -0.2) is 46.3 Å². The highest BCUT2D eigenvalue weighted by Crippen LogP contribution is 2.26. The normalized spacial score (nSPS) is 19.5. The van der Waals surface area contributed by atoms with Gasteiger partial charge in [0.1, 0.15) is 22.6 Å². The first kappa shape index (κ1) is 16.0. The second-order valence-corrected chi connectivity index (χ2v) is 6.31. The predicted molar refractivity (Wildman–Crippen MR) is 78.3 cm³/mol. The van der Waals surface area contributed by atoms with Gasteiger partial charge in [-0.25, -0.2) is 14.8 Å². The van der Waals surface area contributed by atoms with E-state index in [0.29, 0.717) is 36.4 Å². The number of hydrogen-bond donors (Lipinski definition) is 0. The van der Waals surface area contributed by atoms with Crippen LogP contribution in [0, 0.1) is 6.92 Å². The number of aryl methyl sites for hydroxylation is 1. The molecule has 1 saturated heterocycles. The van der Waals surface area contributed by atoms with Crippen LogP contribution in [-0.2, 0) is 9.47 Å². The number of aromatic nitrogens is 2. The summed E-state index contributed by atoms with van der Waals surface area (Å²) in [5, 5.41) is 0.354. The summed E-state index contributed by atoms with van der Waals surface area (Å²) < 4.78 is 10.9. The van der Waals surface area contributed by atoms with Gasteiger partial charge in [0.25, 0.3) is 0 Å². The monoisotopic (exact) mass is 313 g/mol.